The minimum Gasteiger partial charge on any atom is -0.462 e. The molecular formula is C20H19N3O4S. The zero-order valence-corrected chi connectivity index (χ0v) is 16.2. The summed E-state index contributed by atoms with van der Waals surface area (Å²) in [5.74, 6) is -0.722. The number of carbonyl (C=O) groups is 2. The van der Waals surface area contributed by atoms with Gasteiger partial charge in [0.25, 0.3) is 5.56 Å². The van der Waals surface area contributed by atoms with Crippen molar-refractivity contribution in [3.05, 3.63) is 64.4 Å². The molecule has 8 heteroatoms. The van der Waals surface area contributed by atoms with Crippen LogP contribution in [0.1, 0.15) is 24.2 Å². The maximum Gasteiger partial charge on any atom is 0.338 e. The fourth-order valence-electron chi connectivity index (χ4n) is 2.52. The van der Waals surface area contributed by atoms with Crippen LogP contribution in [-0.4, -0.2) is 33.7 Å². The van der Waals surface area contributed by atoms with Gasteiger partial charge in [0.15, 0.2) is 5.16 Å². The lowest BCUT2D eigenvalue weighted by Gasteiger charge is -2.12. The topological polar surface area (TPSA) is 101 Å². The fourth-order valence-corrected chi connectivity index (χ4v) is 3.33. The summed E-state index contributed by atoms with van der Waals surface area (Å²) in [6.07, 6.45) is 0. The van der Waals surface area contributed by atoms with Gasteiger partial charge in [-0.3, -0.25) is 9.59 Å². The number of carbonyl (C=O) groups excluding carboxylic acids is 2. The largest absolute Gasteiger partial charge is 0.462 e. The van der Waals surface area contributed by atoms with Crippen LogP contribution in [0, 0.1) is 0 Å². The van der Waals surface area contributed by atoms with Gasteiger partial charge < -0.3 is 15.0 Å². The third kappa shape index (κ3) is 4.58. The van der Waals surface area contributed by atoms with Crippen LogP contribution in [0.25, 0.3) is 10.9 Å². The number of thioether (sulfide) groups is 1. The molecule has 0 aliphatic rings. The molecule has 0 spiro atoms. The van der Waals surface area contributed by atoms with Gasteiger partial charge in [0.05, 0.1) is 28.3 Å². The SMILES string of the molecule is CCOC(=O)c1cccc(NC(=O)C(C)Sc2nc3ccccc3c(=O)[nH]2)c1. The quantitative estimate of drug-likeness (QED) is 0.376. The van der Waals surface area contributed by atoms with E-state index < -0.39 is 11.2 Å². The molecule has 2 aromatic carbocycles. The third-order valence-corrected chi connectivity index (χ3v) is 4.87. The van der Waals surface area contributed by atoms with Crippen molar-refractivity contribution in [2.75, 3.05) is 11.9 Å². The summed E-state index contributed by atoms with van der Waals surface area (Å²) in [7, 11) is 0. The molecule has 0 saturated heterocycles. The minimum atomic E-state index is -0.518. The van der Waals surface area contributed by atoms with Crippen molar-refractivity contribution in [3.8, 4) is 0 Å². The van der Waals surface area contributed by atoms with Crippen LogP contribution in [0.15, 0.2) is 58.5 Å². The van der Waals surface area contributed by atoms with Crippen LogP contribution in [0.5, 0.6) is 0 Å². The fraction of sp³-hybridized carbons (Fsp3) is 0.200. The molecule has 7 nitrogen and oxygen atoms in total. The number of H-pyrrole nitrogens is 1. The molecule has 0 aliphatic heterocycles. The highest BCUT2D eigenvalue weighted by molar-refractivity contribution is 8.00. The summed E-state index contributed by atoms with van der Waals surface area (Å²) < 4.78 is 4.96. The molecule has 3 aromatic rings. The Kier molecular flexibility index (Phi) is 6.10. The molecule has 1 heterocycles. The van der Waals surface area contributed by atoms with Gasteiger partial charge in [0.2, 0.25) is 5.91 Å². The Labute approximate surface area is 165 Å². The van der Waals surface area contributed by atoms with Crippen LogP contribution < -0.4 is 10.9 Å². The Morgan fingerprint density at radius 1 is 1.21 bits per heavy atom. The van der Waals surface area contributed by atoms with E-state index in [0.29, 0.717) is 27.3 Å². The standard InChI is InChI=1S/C20H19N3O4S/c1-3-27-19(26)13-7-6-8-14(11-13)21-17(24)12(2)28-20-22-16-10-5-4-9-15(16)18(25)23-20/h4-12H,3H2,1-2H3,(H,21,24)(H,22,23,25). The number of aromatic amines is 1. The average Bonchev–Trinajstić information content (AvgIpc) is 2.68. The van der Waals surface area contributed by atoms with Crippen molar-refractivity contribution in [3.63, 3.8) is 0 Å². The molecule has 3 rings (SSSR count). The van der Waals surface area contributed by atoms with E-state index >= 15 is 0 Å². The van der Waals surface area contributed by atoms with Gasteiger partial charge in [-0.05, 0) is 44.2 Å². The third-order valence-electron chi connectivity index (χ3n) is 3.89. The Balaban J connectivity index is 1.71. The second kappa shape index (κ2) is 8.71. The number of amides is 1. The highest BCUT2D eigenvalue weighted by Crippen LogP contribution is 2.22. The number of para-hydroxylation sites is 1. The number of hydrogen-bond acceptors (Lipinski definition) is 6. The molecule has 1 amide bonds. The molecule has 0 fully saturated rings. The van der Waals surface area contributed by atoms with Crippen molar-refractivity contribution >= 4 is 40.2 Å². The summed E-state index contributed by atoms with van der Waals surface area (Å²) >= 11 is 1.15. The lowest BCUT2D eigenvalue weighted by Crippen LogP contribution is -2.23. The molecule has 0 radical (unpaired) electrons. The molecule has 0 bridgehead atoms. The molecule has 28 heavy (non-hydrogen) atoms. The molecule has 1 atom stereocenters. The van der Waals surface area contributed by atoms with E-state index in [1.54, 1.807) is 62.4 Å². The first-order valence-electron chi connectivity index (χ1n) is 8.71. The molecule has 1 aromatic heterocycles. The first kappa shape index (κ1) is 19.6. The highest BCUT2D eigenvalue weighted by Gasteiger charge is 2.17. The normalized spacial score (nSPS) is 11.8. The smallest absolute Gasteiger partial charge is 0.338 e. The molecular weight excluding hydrogens is 378 g/mol. The number of anilines is 1. The first-order chi connectivity index (χ1) is 13.5. The number of rotatable bonds is 6. The minimum absolute atomic E-state index is 0.247. The van der Waals surface area contributed by atoms with Gasteiger partial charge in [-0.2, -0.15) is 0 Å². The molecule has 2 N–H and O–H groups in total. The summed E-state index contributed by atoms with van der Waals surface area (Å²) in [6, 6.07) is 13.6. The first-order valence-corrected chi connectivity index (χ1v) is 9.59. The summed E-state index contributed by atoms with van der Waals surface area (Å²) in [5, 5.41) is 3.11. The summed E-state index contributed by atoms with van der Waals surface area (Å²) in [6.45, 7) is 3.72. The number of esters is 1. The summed E-state index contributed by atoms with van der Waals surface area (Å²) in [5.41, 5.74) is 1.18. The maximum atomic E-state index is 12.5. The van der Waals surface area contributed by atoms with E-state index in [-0.39, 0.29) is 18.1 Å². The van der Waals surface area contributed by atoms with Gasteiger partial charge >= 0.3 is 5.97 Å². The van der Waals surface area contributed by atoms with E-state index in [2.05, 4.69) is 15.3 Å². The zero-order chi connectivity index (χ0) is 20.1. The van der Waals surface area contributed by atoms with Crippen LogP contribution in [0.3, 0.4) is 0 Å². The van der Waals surface area contributed by atoms with E-state index in [4.69, 9.17) is 4.74 Å². The monoisotopic (exact) mass is 397 g/mol. The van der Waals surface area contributed by atoms with Crippen LogP contribution >= 0.6 is 11.8 Å². The van der Waals surface area contributed by atoms with E-state index in [1.165, 1.54) is 0 Å². The maximum absolute atomic E-state index is 12.5. The van der Waals surface area contributed by atoms with Crippen LogP contribution in [0.2, 0.25) is 0 Å². The van der Waals surface area contributed by atoms with Crippen LogP contribution in [0.4, 0.5) is 5.69 Å². The Morgan fingerprint density at radius 3 is 2.79 bits per heavy atom. The Bertz CT molecular complexity index is 1080. The van der Waals surface area contributed by atoms with Crippen molar-refractivity contribution in [2.45, 2.75) is 24.3 Å². The average molecular weight is 397 g/mol. The number of ether oxygens (including phenoxy) is 1. The second-order valence-corrected chi connectivity index (χ2v) is 7.27. The predicted molar refractivity (Wildman–Crippen MR) is 109 cm³/mol. The number of benzene rings is 2. The molecule has 1 unspecified atom stereocenters. The molecule has 144 valence electrons. The van der Waals surface area contributed by atoms with Gasteiger partial charge in [0.1, 0.15) is 0 Å². The van der Waals surface area contributed by atoms with Crippen molar-refractivity contribution in [1.82, 2.24) is 9.97 Å². The lowest BCUT2D eigenvalue weighted by atomic mass is 10.2. The van der Waals surface area contributed by atoms with E-state index in [9.17, 15) is 14.4 Å². The van der Waals surface area contributed by atoms with Crippen molar-refractivity contribution in [2.24, 2.45) is 0 Å². The highest BCUT2D eigenvalue weighted by atomic mass is 32.2. The number of nitrogens with one attached hydrogen (secondary N) is 2. The molecule has 0 saturated carbocycles. The number of nitrogens with zero attached hydrogens (tertiary/aromatic N) is 1. The summed E-state index contributed by atoms with van der Waals surface area (Å²) in [4.78, 5) is 43.5. The van der Waals surface area contributed by atoms with Crippen molar-refractivity contribution < 1.29 is 14.3 Å². The number of hydrogen-bond donors (Lipinski definition) is 2. The zero-order valence-electron chi connectivity index (χ0n) is 15.4. The van der Waals surface area contributed by atoms with Gasteiger partial charge in [0, 0.05) is 5.69 Å². The van der Waals surface area contributed by atoms with E-state index in [1.807, 2.05) is 0 Å². The lowest BCUT2D eigenvalue weighted by molar-refractivity contribution is -0.115. The van der Waals surface area contributed by atoms with Gasteiger partial charge in [-0.1, -0.05) is 30.0 Å². The van der Waals surface area contributed by atoms with Gasteiger partial charge in [-0.15, -0.1) is 0 Å². The second-order valence-electron chi connectivity index (χ2n) is 5.94. The van der Waals surface area contributed by atoms with Gasteiger partial charge in [-0.25, -0.2) is 9.78 Å². The number of fused-ring (bicyclic) bond motifs is 1. The number of aromatic nitrogens is 2. The Morgan fingerprint density at radius 2 is 2.00 bits per heavy atom. The van der Waals surface area contributed by atoms with Crippen molar-refractivity contribution in [1.29, 1.82) is 0 Å². The van der Waals surface area contributed by atoms with Crippen LogP contribution in [-0.2, 0) is 9.53 Å². The predicted octanol–water partition coefficient (Wildman–Crippen LogP) is 3.22. The Hall–Kier alpha value is -3.13. The molecule has 0 aliphatic carbocycles. The van der Waals surface area contributed by atoms with E-state index in [0.717, 1.165) is 11.8 Å².